The highest BCUT2D eigenvalue weighted by Gasteiger charge is 2.50. The number of anilines is 1. The maximum absolute atomic E-state index is 16.8. The number of hydrogen-bond acceptors (Lipinski definition) is 8. The predicted octanol–water partition coefficient (Wildman–Crippen LogP) is 6.03. The van der Waals surface area contributed by atoms with Crippen molar-refractivity contribution < 1.29 is 23.0 Å². The number of nitrogens with zero attached hydrogens (tertiary/aromatic N) is 6. The molecule has 3 aromatic rings. The molecule has 4 saturated heterocycles. The summed E-state index contributed by atoms with van der Waals surface area (Å²) in [6.07, 6.45) is 6.68. The number of amides is 1. The van der Waals surface area contributed by atoms with Crippen LogP contribution in [0.25, 0.3) is 22.2 Å². The zero-order chi connectivity index (χ0) is 32.2. The summed E-state index contributed by atoms with van der Waals surface area (Å²) in [6, 6.07) is 6.12. The lowest BCUT2D eigenvalue weighted by atomic mass is 9.95. The predicted molar refractivity (Wildman–Crippen MR) is 173 cm³/mol. The third-order valence-electron chi connectivity index (χ3n) is 11.5. The Morgan fingerprint density at radius 3 is 2.72 bits per heavy atom. The molecule has 9 nitrogen and oxygen atoms in total. The largest absolute Gasteiger partial charge is 0.461 e. The van der Waals surface area contributed by atoms with Crippen LogP contribution in [-0.4, -0.2) is 93.0 Å². The SMILES string of the molecule is CC(C)(C)OC(=O)N1C2CCC1CN(c1nc(OC[C@@]34CCCN3C[C@H](F)C4)nc3c(F)c(-c4cccc5c4CC4CC54)ncc13)C2. The molecule has 6 heterocycles. The summed E-state index contributed by atoms with van der Waals surface area (Å²) in [4.78, 5) is 33.7. The smallest absolute Gasteiger partial charge is 0.410 e. The number of rotatable bonds is 5. The molecule has 2 aliphatic carbocycles. The van der Waals surface area contributed by atoms with E-state index in [4.69, 9.17) is 19.4 Å². The highest BCUT2D eigenvalue weighted by atomic mass is 19.1. The number of carbonyl (C=O) groups is 1. The second-order valence-corrected chi connectivity index (χ2v) is 15.7. The van der Waals surface area contributed by atoms with Crippen LogP contribution in [-0.2, 0) is 11.2 Å². The average Bonchev–Trinajstić information content (AvgIpc) is 3.22. The maximum atomic E-state index is 16.8. The van der Waals surface area contributed by atoms with E-state index in [0.717, 1.165) is 44.2 Å². The molecule has 5 fully saturated rings. The van der Waals surface area contributed by atoms with Crippen LogP contribution < -0.4 is 9.64 Å². The molecule has 1 aromatic carbocycles. The number of pyridine rings is 1. The van der Waals surface area contributed by atoms with Gasteiger partial charge in [0.2, 0.25) is 0 Å². The quantitative estimate of drug-likeness (QED) is 0.333. The monoisotopic (exact) mass is 644 g/mol. The second-order valence-electron chi connectivity index (χ2n) is 15.7. The molecule has 11 heteroatoms. The van der Waals surface area contributed by atoms with Crippen molar-refractivity contribution in [2.75, 3.05) is 37.7 Å². The molecule has 1 amide bonds. The third-order valence-corrected chi connectivity index (χ3v) is 11.5. The number of benzene rings is 1. The number of ether oxygens (including phenoxy) is 2. The van der Waals surface area contributed by atoms with Gasteiger partial charge in [-0.25, -0.2) is 13.6 Å². The van der Waals surface area contributed by atoms with Gasteiger partial charge in [0.15, 0.2) is 5.82 Å². The van der Waals surface area contributed by atoms with Crippen LogP contribution in [0.3, 0.4) is 0 Å². The van der Waals surface area contributed by atoms with Gasteiger partial charge in [-0.1, -0.05) is 18.2 Å². The Kier molecular flexibility index (Phi) is 6.56. The van der Waals surface area contributed by atoms with E-state index >= 15 is 4.39 Å². The first-order valence-corrected chi connectivity index (χ1v) is 17.3. The number of piperazine rings is 1. The fourth-order valence-corrected chi connectivity index (χ4v) is 9.37. The Morgan fingerprint density at radius 1 is 1.13 bits per heavy atom. The van der Waals surface area contributed by atoms with Crippen molar-refractivity contribution in [3.8, 4) is 17.3 Å². The lowest BCUT2D eigenvalue weighted by molar-refractivity contribution is 0.0122. The van der Waals surface area contributed by atoms with Gasteiger partial charge in [0.1, 0.15) is 35.4 Å². The number of halogens is 2. The second kappa shape index (κ2) is 10.4. The van der Waals surface area contributed by atoms with E-state index in [-0.39, 0.29) is 41.8 Å². The number of alkyl halides is 1. The van der Waals surface area contributed by atoms with Gasteiger partial charge in [-0.3, -0.25) is 14.8 Å². The first-order chi connectivity index (χ1) is 22.6. The Bertz CT molecular complexity index is 1770. The molecule has 47 heavy (non-hydrogen) atoms. The van der Waals surface area contributed by atoms with E-state index in [2.05, 4.69) is 20.9 Å². The number of hydrogen-bond donors (Lipinski definition) is 0. The van der Waals surface area contributed by atoms with Crippen molar-refractivity contribution in [3.05, 3.63) is 41.3 Å². The average molecular weight is 645 g/mol. The van der Waals surface area contributed by atoms with E-state index in [1.165, 1.54) is 17.5 Å². The van der Waals surface area contributed by atoms with Crippen molar-refractivity contribution in [1.29, 1.82) is 0 Å². The van der Waals surface area contributed by atoms with Crippen molar-refractivity contribution in [3.63, 3.8) is 0 Å². The Morgan fingerprint density at radius 2 is 1.94 bits per heavy atom. The van der Waals surface area contributed by atoms with Gasteiger partial charge in [-0.05, 0) is 88.8 Å². The Hall–Kier alpha value is -3.60. The molecule has 0 N–H and O–H groups in total. The minimum Gasteiger partial charge on any atom is -0.461 e. The van der Waals surface area contributed by atoms with Crippen molar-refractivity contribution in [2.24, 2.45) is 5.92 Å². The molecule has 2 aromatic heterocycles. The topological polar surface area (TPSA) is 83.9 Å². The molecule has 6 atom stereocenters. The van der Waals surface area contributed by atoms with Gasteiger partial charge in [-0.2, -0.15) is 9.97 Å². The van der Waals surface area contributed by atoms with Gasteiger partial charge >= 0.3 is 12.1 Å². The summed E-state index contributed by atoms with van der Waals surface area (Å²) in [5.74, 6) is 1.32. The first-order valence-electron chi connectivity index (χ1n) is 17.3. The van der Waals surface area contributed by atoms with Gasteiger partial charge in [-0.15, -0.1) is 0 Å². The summed E-state index contributed by atoms with van der Waals surface area (Å²) in [7, 11) is 0. The lowest BCUT2D eigenvalue weighted by Gasteiger charge is -2.42. The van der Waals surface area contributed by atoms with Gasteiger partial charge in [0, 0.05) is 37.8 Å². The van der Waals surface area contributed by atoms with Crippen LogP contribution in [0.1, 0.15) is 76.3 Å². The van der Waals surface area contributed by atoms with Crippen molar-refractivity contribution in [2.45, 2.75) is 101 Å². The molecule has 1 saturated carbocycles. The standard InChI is InChI=1S/C36H42F2N6O3/c1-35(2,3)47-34(45)44-22-8-9-23(44)18-42(17-22)32-28-15-39-30(25-7-4-6-24-26-12-20(26)13-27(24)25)29(38)31(28)40-33(41-32)46-19-36-10-5-11-43(36)16-21(37)14-36/h4,6-7,15,20-23,26H,5,8-14,16-19H2,1-3H3/t20?,21-,22?,23?,26?,36+/m1/s1. The van der Waals surface area contributed by atoms with Crippen molar-refractivity contribution >= 4 is 22.8 Å². The highest BCUT2D eigenvalue weighted by molar-refractivity contribution is 5.92. The van der Waals surface area contributed by atoms with Crippen LogP contribution in [0.5, 0.6) is 6.01 Å². The van der Waals surface area contributed by atoms with Crippen molar-refractivity contribution in [1.82, 2.24) is 24.8 Å². The molecule has 2 bridgehead atoms. The Balaban J connectivity index is 1.09. The Labute approximate surface area is 273 Å². The molecule has 9 rings (SSSR count). The van der Waals surface area contributed by atoms with Gasteiger partial charge < -0.3 is 14.4 Å². The lowest BCUT2D eigenvalue weighted by Crippen LogP contribution is -2.57. The van der Waals surface area contributed by atoms with Crippen LogP contribution in [0.4, 0.5) is 19.4 Å². The van der Waals surface area contributed by atoms with Crippen LogP contribution in [0.15, 0.2) is 24.4 Å². The fourth-order valence-electron chi connectivity index (χ4n) is 9.37. The van der Waals surface area contributed by atoms with E-state index in [9.17, 15) is 9.18 Å². The van der Waals surface area contributed by atoms with Crippen LogP contribution in [0, 0.1) is 11.7 Å². The minimum absolute atomic E-state index is 0.0562. The van der Waals surface area contributed by atoms with E-state index in [0.29, 0.717) is 54.8 Å². The summed E-state index contributed by atoms with van der Waals surface area (Å²) in [5.41, 5.74) is 2.86. The normalized spacial score (nSPS) is 30.9. The molecular weight excluding hydrogens is 602 g/mol. The maximum Gasteiger partial charge on any atom is 0.410 e. The third kappa shape index (κ3) is 4.85. The zero-order valence-electron chi connectivity index (χ0n) is 27.3. The van der Waals surface area contributed by atoms with Crippen LogP contribution >= 0.6 is 0 Å². The summed E-state index contributed by atoms with van der Waals surface area (Å²) in [6.45, 7) is 8.22. The van der Waals surface area contributed by atoms with E-state index in [1.54, 1.807) is 6.20 Å². The number of carbonyl (C=O) groups excluding carboxylic acids is 1. The molecule has 0 radical (unpaired) electrons. The number of fused-ring (bicyclic) bond motifs is 7. The van der Waals surface area contributed by atoms with Gasteiger partial charge in [0.25, 0.3) is 0 Å². The summed E-state index contributed by atoms with van der Waals surface area (Å²) < 4.78 is 43.4. The zero-order valence-corrected chi connectivity index (χ0v) is 27.3. The van der Waals surface area contributed by atoms with Gasteiger partial charge in [0.05, 0.1) is 23.0 Å². The summed E-state index contributed by atoms with van der Waals surface area (Å²) >= 11 is 0. The highest BCUT2D eigenvalue weighted by Crippen LogP contribution is 2.58. The van der Waals surface area contributed by atoms with Crippen LogP contribution in [0.2, 0.25) is 0 Å². The molecule has 248 valence electrons. The first kappa shape index (κ1) is 29.5. The molecule has 6 aliphatic rings. The molecule has 4 unspecified atom stereocenters. The fraction of sp³-hybridized carbons (Fsp3) is 0.611. The van der Waals surface area contributed by atoms with E-state index < -0.39 is 17.6 Å². The summed E-state index contributed by atoms with van der Waals surface area (Å²) in [5, 5.41) is 0.518. The molecular formula is C36H42F2N6O3. The molecule has 4 aliphatic heterocycles. The number of aromatic nitrogens is 3. The molecule has 0 spiro atoms. The van der Waals surface area contributed by atoms with E-state index in [1.807, 2.05) is 37.8 Å². The minimum atomic E-state index is -0.881.